The first-order valence-electron chi connectivity index (χ1n) is 7.09. The number of rotatable bonds is 4. The van der Waals surface area contributed by atoms with Gasteiger partial charge >= 0.3 is 0 Å². The van der Waals surface area contributed by atoms with Gasteiger partial charge in [0.2, 0.25) is 0 Å². The van der Waals surface area contributed by atoms with E-state index < -0.39 is 0 Å². The number of nitrogen functional groups attached to an aromatic ring is 1. The molecule has 0 aliphatic heterocycles. The predicted octanol–water partition coefficient (Wildman–Crippen LogP) is 2.82. The van der Waals surface area contributed by atoms with Crippen LogP contribution >= 0.6 is 0 Å². The summed E-state index contributed by atoms with van der Waals surface area (Å²) in [5.74, 6) is 0.413. The number of aromatic nitrogens is 3. The molecule has 1 atom stereocenters. The van der Waals surface area contributed by atoms with Crippen LogP contribution in [-0.2, 0) is 0 Å². The van der Waals surface area contributed by atoms with Crippen LogP contribution in [0.4, 0.5) is 5.82 Å². The fourth-order valence-electron chi connectivity index (χ4n) is 2.31. The number of imidazole rings is 1. The van der Waals surface area contributed by atoms with Crippen LogP contribution < -0.4 is 11.1 Å². The molecule has 21 heavy (non-hydrogen) atoms. The number of benzene rings is 1. The minimum absolute atomic E-state index is 0.343. The Kier molecular flexibility index (Phi) is 3.25. The molecular weight excluding hydrogens is 262 g/mol. The van der Waals surface area contributed by atoms with Crippen molar-refractivity contribution in [1.29, 1.82) is 0 Å². The van der Waals surface area contributed by atoms with E-state index in [0.717, 1.165) is 28.8 Å². The average Bonchev–Trinajstić information content (AvgIpc) is 2.86. The first-order valence-corrected chi connectivity index (χ1v) is 7.09. The second-order valence-electron chi connectivity index (χ2n) is 5.24. The average molecular weight is 281 g/mol. The largest absolute Gasteiger partial charge is 0.381 e. The summed E-state index contributed by atoms with van der Waals surface area (Å²) in [6.45, 7) is 8.30. The van der Waals surface area contributed by atoms with Gasteiger partial charge in [0.05, 0.1) is 16.7 Å². The van der Waals surface area contributed by atoms with Crippen LogP contribution in [0.5, 0.6) is 0 Å². The fourth-order valence-corrected chi connectivity index (χ4v) is 2.31. The molecule has 0 fully saturated rings. The number of fused-ring (bicyclic) bond motifs is 3. The standard InChI is InChI=1S/C16H19N5/c1-4-10(2)18-11(3)13-9-21-14-8-6-5-7-12(14)20-16(21)15(17)19-13/h5-10,18H,3-4H2,1-2H3,(H2,17,19). The lowest BCUT2D eigenvalue weighted by atomic mass is 10.2. The molecule has 0 aliphatic rings. The van der Waals surface area contributed by atoms with E-state index in [0.29, 0.717) is 17.5 Å². The highest BCUT2D eigenvalue weighted by Crippen LogP contribution is 2.21. The van der Waals surface area contributed by atoms with Crippen molar-refractivity contribution in [3.05, 3.63) is 42.7 Å². The highest BCUT2D eigenvalue weighted by Gasteiger charge is 2.12. The number of nitrogens with one attached hydrogen (secondary N) is 1. The van der Waals surface area contributed by atoms with Crippen LogP contribution in [-0.4, -0.2) is 20.4 Å². The van der Waals surface area contributed by atoms with Gasteiger partial charge < -0.3 is 11.1 Å². The van der Waals surface area contributed by atoms with Crippen LogP contribution in [0.25, 0.3) is 22.4 Å². The number of nitrogens with two attached hydrogens (primary N) is 1. The normalized spacial score (nSPS) is 12.7. The second kappa shape index (κ2) is 5.09. The molecule has 108 valence electrons. The molecule has 1 aromatic carbocycles. The van der Waals surface area contributed by atoms with Gasteiger partial charge in [0.15, 0.2) is 11.5 Å². The monoisotopic (exact) mass is 281 g/mol. The van der Waals surface area contributed by atoms with Crippen LogP contribution in [0, 0.1) is 0 Å². The Balaban J connectivity index is 2.13. The summed E-state index contributed by atoms with van der Waals surface area (Å²) < 4.78 is 1.97. The van der Waals surface area contributed by atoms with Gasteiger partial charge in [0, 0.05) is 12.2 Å². The second-order valence-corrected chi connectivity index (χ2v) is 5.24. The van der Waals surface area contributed by atoms with Gasteiger partial charge in [0.1, 0.15) is 5.69 Å². The van der Waals surface area contributed by atoms with Gasteiger partial charge in [-0.3, -0.25) is 4.40 Å². The summed E-state index contributed by atoms with van der Waals surface area (Å²) in [6.07, 6.45) is 2.95. The molecule has 0 spiro atoms. The van der Waals surface area contributed by atoms with E-state index in [4.69, 9.17) is 5.73 Å². The van der Waals surface area contributed by atoms with Crippen molar-refractivity contribution < 1.29 is 0 Å². The first-order chi connectivity index (χ1) is 10.1. The molecular formula is C16H19N5. The van der Waals surface area contributed by atoms with E-state index in [1.54, 1.807) is 0 Å². The Hall–Kier alpha value is -2.56. The number of nitrogens with zero attached hydrogens (tertiary/aromatic N) is 3. The van der Waals surface area contributed by atoms with Crippen molar-refractivity contribution in [2.24, 2.45) is 0 Å². The van der Waals surface area contributed by atoms with E-state index in [-0.39, 0.29) is 0 Å². The molecule has 0 saturated heterocycles. The summed E-state index contributed by atoms with van der Waals surface area (Å²) in [6, 6.07) is 8.27. The Labute approximate surface area is 123 Å². The third-order valence-corrected chi connectivity index (χ3v) is 3.66. The summed E-state index contributed by atoms with van der Waals surface area (Å²) in [5, 5.41) is 3.33. The Morgan fingerprint density at radius 3 is 2.90 bits per heavy atom. The number of hydrogen-bond donors (Lipinski definition) is 2. The van der Waals surface area contributed by atoms with Gasteiger partial charge in [-0.2, -0.15) is 0 Å². The van der Waals surface area contributed by atoms with Crippen LogP contribution in [0.15, 0.2) is 37.0 Å². The lowest BCUT2D eigenvalue weighted by Crippen LogP contribution is -2.23. The third-order valence-electron chi connectivity index (χ3n) is 3.66. The molecule has 2 aromatic heterocycles. The van der Waals surface area contributed by atoms with Crippen LogP contribution in [0.3, 0.4) is 0 Å². The zero-order chi connectivity index (χ0) is 15.0. The van der Waals surface area contributed by atoms with Gasteiger partial charge in [-0.05, 0) is 25.5 Å². The topological polar surface area (TPSA) is 68.2 Å². The Bertz CT molecular complexity index is 818. The molecule has 3 N–H and O–H groups in total. The maximum Gasteiger partial charge on any atom is 0.180 e. The van der Waals surface area contributed by atoms with Crippen molar-refractivity contribution >= 4 is 28.2 Å². The molecule has 3 rings (SSSR count). The Morgan fingerprint density at radius 2 is 2.14 bits per heavy atom. The van der Waals surface area contributed by atoms with Crippen molar-refractivity contribution in [2.45, 2.75) is 26.3 Å². The zero-order valence-corrected chi connectivity index (χ0v) is 12.3. The van der Waals surface area contributed by atoms with E-state index in [2.05, 4.69) is 35.7 Å². The zero-order valence-electron chi connectivity index (χ0n) is 12.3. The van der Waals surface area contributed by atoms with Gasteiger partial charge in [-0.1, -0.05) is 25.6 Å². The maximum absolute atomic E-state index is 6.06. The number of para-hydroxylation sites is 2. The van der Waals surface area contributed by atoms with E-state index in [1.165, 1.54) is 0 Å². The third kappa shape index (κ3) is 2.31. The molecule has 0 bridgehead atoms. The Morgan fingerprint density at radius 1 is 1.38 bits per heavy atom. The highest BCUT2D eigenvalue weighted by atomic mass is 15.1. The van der Waals surface area contributed by atoms with Crippen molar-refractivity contribution in [2.75, 3.05) is 5.73 Å². The van der Waals surface area contributed by atoms with Gasteiger partial charge in [-0.25, -0.2) is 9.97 Å². The molecule has 0 amide bonds. The summed E-state index contributed by atoms with van der Waals surface area (Å²) in [5.41, 5.74) is 10.2. The first kappa shape index (κ1) is 13.4. The summed E-state index contributed by atoms with van der Waals surface area (Å²) >= 11 is 0. The van der Waals surface area contributed by atoms with Crippen molar-refractivity contribution in [1.82, 2.24) is 19.7 Å². The van der Waals surface area contributed by atoms with Crippen LogP contribution in [0.2, 0.25) is 0 Å². The van der Waals surface area contributed by atoms with Crippen molar-refractivity contribution in [3.63, 3.8) is 0 Å². The predicted molar refractivity (Wildman–Crippen MR) is 86.8 cm³/mol. The maximum atomic E-state index is 6.06. The fraction of sp³-hybridized carbons (Fsp3) is 0.250. The van der Waals surface area contributed by atoms with Crippen molar-refractivity contribution in [3.8, 4) is 0 Å². The summed E-state index contributed by atoms with van der Waals surface area (Å²) in [7, 11) is 0. The lowest BCUT2D eigenvalue weighted by molar-refractivity contribution is 0.629. The molecule has 5 nitrogen and oxygen atoms in total. The van der Waals surface area contributed by atoms with E-state index in [1.807, 2.05) is 34.9 Å². The van der Waals surface area contributed by atoms with E-state index >= 15 is 0 Å². The molecule has 0 saturated carbocycles. The molecule has 1 unspecified atom stereocenters. The molecule has 5 heteroatoms. The quantitative estimate of drug-likeness (QED) is 0.771. The molecule has 2 heterocycles. The van der Waals surface area contributed by atoms with E-state index in [9.17, 15) is 0 Å². The number of hydrogen-bond acceptors (Lipinski definition) is 4. The van der Waals surface area contributed by atoms with Gasteiger partial charge in [-0.15, -0.1) is 0 Å². The minimum atomic E-state index is 0.343. The van der Waals surface area contributed by atoms with Gasteiger partial charge in [0.25, 0.3) is 0 Å². The lowest BCUT2D eigenvalue weighted by Gasteiger charge is -2.15. The highest BCUT2D eigenvalue weighted by molar-refractivity contribution is 5.84. The smallest absolute Gasteiger partial charge is 0.180 e. The van der Waals surface area contributed by atoms with Crippen LogP contribution in [0.1, 0.15) is 26.0 Å². The summed E-state index contributed by atoms with van der Waals surface area (Å²) in [4.78, 5) is 8.93. The molecule has 0 radical (unpaired) electrons. The number of anilines is 1. The SMILES string of the molecule is C=C(NC(C)CC)c1cn2c(nc3ccccc32)c(N)n1. The minimum Gasteiger partial charge on any atom is -0.381 e. The molecule has 3 aromatic rings. The molecule has 0 aliphatic carbocycles.